The van der Waals surface area contributed by atoms with E-state index in [0.29, 0.717) is 0 Å². The third-order valence-electron chi connectivity index (χ3n) is 6.52. The van der Waals surface area contributed by atoms with Gasteiger partial charge in [-0.1, -0.05) is 144 Å². The zero-order valence-corrected chi connectivity index (χ0v) is 26.5. The highest BCUT2D eigenvalue weighted by molar-refractivity contribution is 5.82. The largest absolute Gasteiger partial charge is 0.244 e. The fourth-order valence-corrected chi connectivity index (χ4v) is 4.58. The van der Waals surface area contributed by atoms with E-state index in [4.69, 9.17) is 19.9 Å². The number of hydrogen-bond donors (Lipinski definition) is 0. The minimum atomic E-state index is 0.790. The zero-order valence-electron chi connectivity index (χ0n) is 26.5. The van der Waals surface area contributed by atoms with Crippen molar-refractivity contribution >= 4 is 24.3 Å². The summed E-state index contributed by atoms with van der Waals surface area (Å²) in [6.45, 7) is 17.8. The third kappa shape index (κ3) is 7.47. The molecule has 0 aliphatic carbocycles. The molecule has 2 aromatic heterocycles. The van der Waals surface area contributed by atoms with Crippen molar-refractivity contribution in [2.24, 2.45) is 0 Å². The molecule has 43 heavy (non-hydrogen) atoms. The van der Waals surface area contributed by atoms with E-state index in [1.165, 1.54) is 0 Å². The zero-order chi connectivity index (χ0) is 31.2. The van der Waals surface area contributed by atoms with E-state index in [9.17, 15) is 0 Å². The standard InChI is InChI=1S/C35H30N4.2C2H6/c1-5-15-31-30(8-4)38-33(25-18-13-10-14-19-25)35(39-31)27-22-20-26(21-23-27)34-32(24-16-11-9-12-17-24)36-28(6-2)29(7-3)37-34;2*1-2/h5-23H,1H2,2-4H3;2*1-2H3/b28-6+,29-7+,30-8+,31-15+;;. The molecule has 0 bridgehead atoms. The molecule has 0 atom stereocenters. The van der Waals surface area contributed by atoms with Gasteiger partial charge in [0, 0.05) is 22.3 Å². The molecule has 5 rings (SSSR count). The van der Waals surface area contributed by atoms with E-state index in [2.05, 4.69) is 55.1 Å². The Labute approximate surface area is 256 Å². The summed E-state index contributed by atoms with van der Waals surface area (Å²) in [6, 6.07) is 28.7. The molecule has 3 aromatic carbocycles. The van der Waals surface area contributed by atoms with Crippen molar-refractivity contribution in [2.45, 2.75) is 48.5 Å². The van der Waals surface area contributed by atoms with Crippen molar-refractivity contribution in [2.75, 3.05) is 0 Å². The predicted molar refractivity (Wildman–Crippen MR) is 186 cm³/mol. The Balaban J connectivity index is 0.00000121. The van der Waals surface area contributed by atoms with E-state index in [1.807, 2.05) is 109 Å². The molecule has 218 valence electrons. The first-order chi connectivity index (χ1) is 21.2. The molecular weight excluding hydrogens is 524 g/mol. The molecule has 0 saturated heterocycles. The molecule has 0 saturated carbocycles. The first-order valence-electron chi connectivity index (χ1n) is 15.1. The van der Waals surface area contributed by atoms with Crippen molar-refractivity contribution in [3.63, 3.8) is 0 Å². The first-order valence-corrected chi connectivity index (χ1v) is 15.1. The molecule has 0 unspecified atom stereocenters. The highest BCUT2D eigenvalue weighted by atomic mass is 14.8. The van der Waals surface area contributed by atoms with Crippen molar-refractivity contribution < 1.29 is 0 Å². The summed E-state index contributed by atoms with van der Waals surface area (Å²) in [5, 5.41) is 3.36. The molecule has 0 amide bonds. The van der Waals surface area contributed by atoms with Crippen molar-refractivity contribution in [1.29, 1.82) is 0 Å². The van der Waals surface area contributed by atoms with Crippen LogP contribution in [0.3, 0.4) is 0 Å². The van der Waals surface area contributed by atoms with Crippen molar-refractivity contribution in [3.8, 4) is 45.0 Å². The number of nitrogens with zero attached hydrogens (tertiary/aromatic N) is 4. The van der Waals surface area contributed by atoms with E-state index in [-0.39, 0.29) is 0 Å². The van der Waals surface area contributed by atoms with Gasteiger partial charge in [-0.05, 0) is 26.8 Å². The van der Waals surface area contributed by atoms with Gasteiger partial charge in [0.05, 0.1) is 44.2 Å². The highest BCUT2D eigenvalue weighted by Crippen LogP contribution is 2.31. The summed E-state index contributed by atoms with van der Waals surface area (Å²) in [5.41, 5.74) is 7.37. The van der Waals surface area contributed by atoms with Crippen LogP contribution in [0.25, 0.3) is 69.3 Å². The molecule has 0 spiro atoms. The van der Waals surface area contributed by atoms with Gasteiger partial charge in [0.15, 0.2) is 0 Å². The van der Waals surface area contributed by atoms with E-state index in [0.717, 1.165) is 66.4 Å². The molecule has 0 aliphatic heterocycles. The Morgan fingerprint density at radius 1 is 0.419 bits per heavy atom. The Morgan fingerprint density at radius 2 is 0.698 bits per heavy atom. The highest BCUT2D eigenvalue weighted by Gasteiger charge is 2.15. The Bertz CT molecular complexity index is 1870. The minimum Gasteiger partial charge on any atom is -0.244 e. The fraction of sp³-hybridized carbons (Fsp3) is 0.179. The monoisotopic (exact) mass is 566 g/mol. The van der Waals surface area contributed by atoms with Gasteiger partial charge in [0.2, 0.25) is 0 Å². The summed E-state index contributed by atoms with van der Waals surface area (Å²) in [7, 11) is 0. The second-order valence-electron chi connectivity index (χ2n) is 8.96. The minimum absolute atomic E-state index is 0.790. The van der Waals surface area contributed by atoms with Crippen LogP contribution in [-0.4, -0.2) is 19.9 Å². The Morgan fingerprint density at radius 3 is 1.00 bits per heavy atom. The fourth-order valence-electron chi connectivity index (χ4n) is 4.58. The van der Waals surface area contributed by atoms with Gasteiger partial charge in [0.1, 0.15) is 0 Å². The summed E-state index contributed by atoms with van der Waals surface area (Å²) in [6.07, 6.45) is 9.62. The lowest BCUT2D eigenvalue weighted by Crippen LogP contribution is -2.32. The molecular formula is C39H42N4. The van der Waals surface area contributed by atoms with Crippen molar-refractivity contribution in [3.05, 3.63) is 119 Å². The lowest BCUT2D eigenvalue weighted by Gasteiger charge is -2.12. The quantitative estimate of drug-likeness (QED) is 0.223. The van der Waals surface area contributed by atoms with Gasteiger partial charge in [-0.25, -0.2) is 19.9 Å². The van der Waals surface area contributed by atoms with Gasteiger partial charge in [-0.15, -0.1) is 0 Å². The maximum Gasteiger partial charge on any atom is 0.0973 e. The van der Waals surface area contributed by atoms with E-state index >= 15 is 0 Å². The second kappa shape index (κ2) is 16.5. The maximum absolute atomic E-state index is 5.04. The average Bonchev–Trinajstić information content (AvgIpc) is 3.10. The molecule has 4 nitrogen and oxygen atoms in total. The van der Waals surface area contributed by atoms with Crippen LogP contribution in [0.15, 0.2) is 97.6 Å². The topological polar surface area (TPSA) is 51.6 Å². The predicted octanol–water partition coefficient (Wildman–Crippen LogP) is 7.35. The van der Waals surface area contributed by atoms with Gasteiger partial charge >= 0.3 is 0 Å². The smallest absolute Gasteiger partial charge is 0.0973 e. The van der Waals surface area contributed by atoms with E-state index < -0.39 is 0 Å². The van der Waals surface area contributed by atoms with Crippen LogP contribution in [0, 0.1) is 0 Å². The summed E-state index contributed by atoms with van der Waals surface area (Å²) < 4.78 is 0. The number of rotatable bonds is 5. The first kappa shape index (κ1) is 32.6. The number of allylic oxidation sites excluding steroid dienone is 1. The van der Waals surface area contributed by atoms with Gasteiger partial charge in [0.25, 0.3) is 0 Å². The molecule has 5 aromatic rings. The average molecular weight is 567 g/mol. The lowest BCUT2D eigenvalue weighted by molar-refractivity contribution is 1.10. The molecule has 0 radical (unpaired) electrons. The second-order valence-corrected chi connectivity index (χ2v) is 8.96. The molecule has 4 heteroatoms. The molecule has 2 heterocycles. The molecule has 0 aliphatic rings. The van der Waals surface area contributed by atoms with Crippen LogP contribution in [0.2, 0.25) is 0 Å². The van der Waals surface area contributed by atoms with Crippen molar-refractivity contribution in [1.82, 2.24) is 19.9 Å². The summed E-state index contributed by atoms with van der Waals surface area (Å²) in [4.78, 5) is 20.1. The lowest BCUT2D eigenvalue weighted by atomic mass is 9.99. The van der Waals surface area contributed by atoms with E-state index in [1.54, 1.807) is 6.08 Å². The maximum atomic E-state index is 5.04. The Hall–Kier alpha value is -4.96. The SMILES string of the molecule is C=C/C=c1/nc(-c2ccc(-c3nc(=C/C)/c(=C\C)nc3-c3ccccc3)cc2)c(-c2ccccc2)n/c1=C/C.CC.CC. The number of hydrogen-bond acceptors (Lipinski definition) is 4. The third-order valence-corrected chi connectivity index (χ3v) is 6.52. The summed E-state index contributed by atoms with van der Waals surface area (Å²) >= 11 is 0. The van der Waals surface area contributed by atoms with Crippen LogP contribution in [0.1, 0.15) is 48.5 Å². The Kier molecular flexibility index (Phi) is 12.5. The van der Waals surface area contributed by atoms with Crippen LogP contribution in [0.5, 0.6) is 0 Å². The van der Waals surface area contributed by atoms with Gasteiger partial charge in [-0.2, -0.15) is 0 Å². The molecule has 0 fully saturated rings. The summed E-state index contributed by atoms with van der Waals surface area (Å²) in [5.74, 6) is 0. The van der Waals surface area contributed by atoms with Crippen LogP contribution < -0.4 is 21.4 Å². The number of aromatic nitrogens is 4. The van der Waals surface area contributed by atoms with Crippen LogP contribution in [0.4, 0.5) is 0 Å². The van der Waals surface area contributed by atoms with Crippen LogP contribution >= 0.6 is 0 Å². The normalized spacial score (nSPS) is 12.3. The number of benzene rings is 3. The molecule has 0 N–H and O–H groups in total. The van der Waals surface area contributed by atoms with Gasteiger partial charge < -0.3 is 0 Å². The van der Waals surface area contributed by atoms with Crippen LogP contribution in [-0.2, 0) is 0 Å². The van der Waals surface area contributed by atoms with Gasteiger partial charge in [-0.3, -0.25) is 0 Å².